The summed E-state index contributed by atoms with van der Waals surface area (Å²) < 4.78 is 0. The van der Waals surface area contributed by atoms with Crippen LogP contribution in [0.4, 0.5) is 0 Å². The molecule has 2 aliphatic carbocycles. The van der Waals surface area contributed by atoms with Gasteiger partial charge in [0.25, 0.3) is 0 Å². The first-order valence-corrected chi connectivity index (χ1v) is 4.68. The van der Waals surface area contributed by atoms with E-state index in [1.54, 1.807) is 6.92 Å². The van der Waals surface area contributed by atoms with Crippen LogP contribution in [-0.2, 0) is 4.79 Å². The Hall–Kier alpha value is -0.790. The summed E-state index contributed by atoms with van der Waals surface area (Å²) in [5, 5.41) is 2.90. The Balaban J connectivity index is 1.83. The summed E-state index contributed by atoms with van der Waals surface area (Å²) in [5.41, 5.74) is 0. The van der Waals surface area contributed by atoms with Crippen LogP contribution in [0.5, 0.6) is 0 Å². The first-order chi connectivity index (χ1) is 5.75. The maximum Gasteiger partial charge on any atom is 0.216 e. The summed E-state index contributed by atoms with van der Waals surface area (Å²) in [6.07, 6.45) is 7.25. The largest absolute Gasteiger partial charge is 0.356 e. The number of hydrogen-bond acceptors (Lipinski definition) is 1. The quantitative estimate of drug-likeness (QED) is 0.614. The monoisotopic (exact) mass is 165 g/mol. The number of fused-ring (bicyclic) bond motifs is 2. The van der Waals surface area contributed by atoms with Crippen LogP contribution in [0.15, 0.2) is 12.2 Å². The molecule has 0 aromatic heterocycles. The number of nitrogens with one attached hydrogen (secondary N) is 1. The van der Waals surface area contributed by atoms with Crippen LogP contribution in [0.1, 0.15) is 19.8 Å². The number of rotatable bonds is 2. The van der Waals surface area contributed by atoms with Crippen LogP contribution in [-0.4, -0.2) is 12.5 Å². The highest BCUT2D eigenvalue weighted by Crippen LogP contribution is 2.42. The molecule has 0 spiro atoms. The molecule has 1 N–H and O–H groups in total. The minimum absolute atomic E-state index is 0.0988. The van der Waals surface area contributed by atoms with Crippen LogP contribution >= 0.6 is 0 Å². The Morgan fingerprint density at radius 1 is 1.50 bits per heavy atom. The summed E-state index contributed by atoms with van der Waals surface area (Å²) in [6, 6.07) is 0. The van der Waals surface area contributed by atoms with Gasteiger partial charge in [0.15, 0.2) is 0 Å². The average molecular weight is 165 g/mol. The molecule has 66 valence electrons. The average Bonchev–Trinajstić information content (AvgIpc) is 2.60. The van der Waals surface area contributed by atoms with E-state index in [9.17, 15) is 4.79 Å². The van der Waals surface area contributed by atoms with Crippen molar-refractivity contribution in [2.45, 2.75) is 19.8 Å². The minimum atomic E-state index is 0.0988. The third kappa shape index (κ3) is 1.38. The molecule has 1 amide bonds. The third-order valence-electron chi connectivity index (χ3n) is 3.03. The molecule has 1 saturated carbocycles. The van der Waals surface area contributed by atoms with Crippen molar-refractivity contribution in [3.05, 3.63) is 12.2 Å². The second kappa shape index (κ2) is 2.92. The Morgan fingerprint density at radius 2 is 2.33 bits per heavy atom. The number of hydrogen-bond donors (Lipinski definition) is 1. The lowest BCUT2D eigenvalue weighted by Gasteiger charge is -2.17. The lowest BCUT2D eigenvalue weighted by atomic mass is 9.94. The van der Waals surface area contributed by atoms with Gasteiger partial charge in [0.2, 0.25) is 5.91 Å². The highest BCUT2D eigenvalue weighted by molar-refractivity contribution is 5.72. The Kier molecular flexibility index (Phi) is 1.91. The zero-order valence-corrected chi connectivity index (χ0v) is 7.42. The lowest BCUT2D eigenvalue weighted by Crippen LogP contribution is -2.28. The molecule has 0 saturated heterocycles. The highest BCUT2D eigenvalue weighted by Gasteiger charge is 2.35. The van der Waals surface area contributed by atoms with Gasteiger partial charge in [-0.3, -0.25) is 4.79 Å². The van der Waals surface area contributed by atoms with E-state index in [0.717, 1.165) is 18.4 Å². The van der Waals surface area contributed by atoms with Crippen molar-refractivity contribution in [2.24, 2.45) is 17.8 Å². The van der Waals surface area contributed by atoms with Crippen molar-refractivity contribution in [2.75, 3.05) is 6.54 Å². The molecule has 0 aromatic carbocycles. The fourth-order valence-corrected chi connectivity index (χ4v) is 2.40. The molecule has 2 rings (SSSR count). The first-order valence-electron chi connectivity index (χ1n) is 4.68. The summed E-state index contributed by atoms with van der Waals surface area (Å²) >= 11 is 0. The molecule has 3 atom stereocenters. The van der Waals surface area contributed by atoms with Gasteiger partial charge in [-0.15, -0.1) is 0 Å². The smallest absolute Gasteiger partial charge is 0.216 e. The molecular weight excluding hydrogens is 150 g/mol. The van der Waals surface area contributed by atoms with Crippen molar-refractivity contribution in [1.82, 2.24) is 5.32 Å². The second-order valence-corrected chi connectivity index (χ2v) is 3.98. The van der Waals surface area contributed by atoms with E-state index in [-0.39, 0.29) is 5.91 Å². The van der Waals surface area contributed by atoms with E-state index >= 15 is 0 Å². The minimum Gasteiger partial charge on any atom is -0.356 e. The van der Waals surface area contributed by atoms with Gasteiger partial charge in [-0.05, 0) is 30.6 Å². The predicted octanol–water partition coefficient (Wildman–Crippen LogP) is 1.33. The zero-order chi connectivity index (χ0) is 8.55. The van der Waals surface area contributed by atoms with E-state index in [1.165, 1.54) is 12.8 Å². The van der Waals surface area contributed by atoms with Crippen molar-refractivity contribution >= 4 is 5.91 Å². The van der Waals surface area contributed by atoms with Crippen LogP contribution in [0, 0.1) is 17.8 Å². The number of carbonyl (C=O) groups is 1. The van der Waals surface area contributed by atoms with Crippen LogP contribution < -0.4 is 5.32 Å². The van der Waals surface area contributed by atoms with Gasteiger partial charge >= 0.3 is 0 Å². The normalized spacial score (nSPS) is 37.2. The molecule has 3 unspecified atom stereocenters. The van der Waals surface area contributed by atoms with Gasteiger partial charge in [-0.1, -0.05) is 12.2 Å². The Labute approximate surface area is 73.0 Å². The molecule has 2 nitrogen and oxygen atoms in total. The molecule has 1 fully saturated rings. The van der Waals surface area contributed by atoms with Gasteiger partial charge < -0.3 is 5.32 Å². The van der Waals surface area contributed by atoms with Gasteiger partial charge in [-0.2, -0.15) is 0 Å². The topological polar surface area (TPSA) is 29.1 Å². The van der Waals surface area contributed by atoms with E-state index < -0.39 is 0 Å². The van der Waals surface area contributed by atoms with Crippen LogP contribution in [0.3, 0.4) is 0 Å². The molecule has 2 heteroatoms. The zero-order valence-electron chi connectivity index (χ0n) is 7.42. The molecule has 2 aliphatic rings. The van der Waals surface area contributed by atoms with Crippen LogP contribution in [0.25, 0.3) is 0 Å². The molecular formula is C10H15NO. The van der Waals surface area contributed by atoms with Crippen molar-refractivity contribution in [3.63, 3.8) is 0 Å². The summed E-state index contributed by atoms with van der Waals surface area (Å²) in [5.74, 6) is 2.38. The van der Waals surface area contributed by atoms with Crippen molar-refractivity contribution in [3.8, 4) is 0 Å². The molecule has 2 bridgehead atoms. The lowest BCUT2D eigenvalue weighted by molar-refractivity contribution is -0.119. The second-order valence-electron chi connectivity index (χ2n) is 3.98. The van der Waals surface area contributed by atoms with E-state index in [1.807, 2.05) is 0 Å². The molecule has 12 heavy (non-hydrogen) atoms. The SMILES string of the molecule is CC(=O)NCC1CC2C=CC1C2. The van der Waals surface area contributed by atoms with Gasteiger partial charge in [0, 0.05) is 13.5 Å². The van der Waals surface area contributed by atoms with Crippen molar-refractivity contribution < 1.29 is 4.79 Å². The fourth-order valence-electron chi connectivity index (χ4n) is 2.40. The number of allylic oxidation sites excluding steroid dienone is 2. The maximum atomic E-state index is 10.7. The predicted molar refractivity (Wildman–Crippen MR) is 47.5 cm³/mol. The summed E-state index contributed by atoms with van der Waals surface area (Å²) in [7, 11) is 0. The standard InChI is InChI=1S/C10H15NO/c1-7(12)11-6-10-5-8-2-3-9(10)4-8/h2-3,8-10H,4-6H2,1H3,(H,11,12). The molecule has 0 aromatic rings. The highest BCUT2D eigenvalue weighted by atomic mass is 16.1. The summed E-state index contributed by atoms with van der Waals surface area (Å²) in [4.78, 5) is 10.7. The molecule has 0 radical (unpaired) electrons. The van der Waals surface area contributed by atoms with E-state index in [4.69, 9.17) is 0 Å². The maximum absolute atomic E-state index is 10.7. The summed E-state index contributed by atoms with van der Waals surface area (Å²) in [6.45, 7) is 2.46. The van der Waals surface area contributed by atoms with Crippen molar-refractivity contribution in [1.29, 1.82) is 0 Å². The van der Waals surface area contributed by atoms with Gasteiger partial charge in [0.1, 0.15) is 0 Å². The van der Waals surface area contributed by atoms with Gasteiger partial charge in [0.05, 0.1) is 0 Å². The van der Waals surface area contributed by atoms with Gasteiger partial charge in [-0.25, -0.2) is 0 Å². The Bertz CT molecular complexity index is 222. The van der Waals surface area contributed by atoms with E-state index in [2.05, 4.69) is 17.5 Å². The Morgan fingerprint density at radius 3 is 2.83 bits per heavy atom. The number of carbonyl (C=O) groups excluding carboxylic acids is 1. The molecule has 0 aliphatic heterocycles. The number of amides is 1. The van der Waals surface area contributed by atoms with Crippen LogP contribution in [0.2, 0.25) is 0 Å². The molecule has 0 heterocycles. The first kappa shape index (κ1) is 7.84. The van der Waals surface area contributed by atoms with E-state index in [0.29, 0.717) is 5.92 Å². The third-order valence-corrected chi connectivity index (χ3v) is 3.03. The fraction of sp³-hybridized carbons (Fsp3) is 0.700.